The number of nitrogens with zero attached hydrogens (tertiary/aromatic N) is 2. The molecule has 1 aliphatic rings. The van der Waals surface area contributed by atoms with Crippen LogP contribution in [-0.4, -0.2) is 31.0 Å². The van der Waals surface area contributed by atoms with E-state index in [0.717, 1.165) is 6.42 Å². The highest BCUT2D eigenvalue weighted by atomic mass is 16.5. The van der Waals surface area contributed by atoms with Gasteiger partial charge in [-0.1, -0.05) is 6.92 Å². The summed E-state index contributed by atoms with van der Waals surface area (Å²) in [5.41, 5.74) is 1.91. The number of nitrogens with one attached hydrogen (secondary N) is 1. The van der Waals surface area contributed by atoms with Gasteiger partial charge in [-0.2, -0.15) is 0 Å². The normalized spacial score (nSPS) is 18.4. The first kappa shape index (κ1) is 17.0. The third kappa shape index (κ3) is 3.79. The summed E-state index contributed by atoms with van der Waals surface area (Å²) in [5.74, 6) is 0.978. The van der Waals surface area contributed by atoms with Gasteiger partial charge in [0.1, 0.15) is 0 Å². The predicted octanol–water partition coefficient (Wildman–Crippen LogP) is 2.96. The number of ether oxygens (including phenoxy) is 1. The standard InChI is InChI=1S/C19H21N3O3/c1-12-10-16(12)18(23)21-14-6-4-13(5-7-14)19(24)22(2)15-8-9-17(25-3)20-11-15/h4-9,11-12,16H,10H2,1-3H3,(H,21,23)/t12-,16+/m1/s1. The minimum absolute atomic E-state index is 0.0491. The Labute approximate surface area is 146 Å². The first-order valence-corrected chi connectivity index (χ1v) is 8.18. The third-order valence-corrected chi connectivity index (χ3v) is 4.47. The second-order valence-corrected chi connectivity index (χ2v) is 6.31. The number of aromatic nitrogens is 1. The molecule has 2 amide bonds. The molecule has 1 N–H and O–H groups in total. The van der Waals surface area contributed by atoms with Gasteiger partial charge in [0.25, 0.3) is 5.91 Å². The Bertz CT molecular complexity index is 772. The zero-order valence-corrected chi connectivity index (χ0v) is 14.5. The summed E-state index contributed by atoms with van der Waals surface area (Å²) in [5, 5.41) is 2.89. The van der Waals surface area contributed by atoms with E-state index in [1.54, 1.807) is 56.8 Å². The Balaban J connectivity index is 1.66. The van der Waals surface area contributed by atoms with Gasteiger partial charge in [-0.3, -0.25) is 9.59 Å². The Hall–Kier alpha value is -2.89. The molecule has 1 saturated carbocycles. The van der Waals surface area contributed by atoms with Gasteiger partial charge in [0, 0.05) is 30.3 Å². The smallest absolute Gasteiger partial charge is 0.258 e. The van der Waals surface area contributed by atoms with E-state index >= 15 is 0 Å². The number of carbonyl (C=O) groups excluding carboxylic acids is 2. The Kier molecular flexibility index (Phi) is 4.70. The van der Waals surface area contributed by atoms with Crippen LogP contribution in [0.2, 0.25) is 0 Å². The van der Waals surface area contributed by atoms with Gasteiger partial charge in [0.15, 0.2) is 0 Å². The molecule has 3 rings (SSSR count). The summed E-state index contributed by atoms with van der Waals surface area (Å²) in [7, 11) is 3.23. The van der Waals surface area contributed by atoms with Crippen LogP contribution in [0.15, 0.2) is 42.6 Å². The molecule has 2 atom stereocenters. The van der Waals surface area contributed by atoms with Crippen molar-refractivity contribution in [2.75, 3.05) is 24.4 Å². The maximum atomic E-state index is 12.6. The number of benzene rings is 1. The number of carbonyl (C=O) groups is 2. The molecule has 0 bridgehead atoms. The minimum atomic E-state index is -0.152. The third-order valence-electron chi connectivity index (χ3n) is 4.47. The van der Waals surface area contributed by atoms with Crippen molar-refractivity contribution in [3.05, 3.63) is 48.2 Å². The molecule has 0 saturated heterocycles. The fourth-order valence-electron chi connectivity index (χ4n) is 2.62. The number of anilines is 2. The molecule has 130 valence electrons. The van der Waals surface area contributed by atoms with E-state index in [4.69, 9.17) is 4.74 Å². The molecule has 1 heterocycles. The lowest BCUT2D eigenvalue weighted by atomic mass is 10.1. The molecule has 1 fully saturated rings. The quantitative estimate of drug-likeness (QED) is 0.909. The van der Waals surface area contributed by atoms with Crippen molar-refractivity contribution in [1.29, 1.82) is 0 Å². The number of pyridine rings is 1. The number of methoxy groups -OCH3 is 1. The van der Waals surface area contributed by atoms with Crippen molar-refractivity contribution in [2.45, 2.75) is 13.3 Å². The zero-order valence-electron chi connectivity index (χ0n) is 14.5. The Morgan fingerprint density at radius 2 is 1.88 bits per heavy atom. The number of rotatable bonds is 5. The van der Waals surface area contributed by atoms with E-state index in [1.165, 1.54) is 4.90 Å². The summed E-state index contributed by atoms with van der Waals surface area (Å²) in [4.78, 5) is 30.1. The fraction of sp³-hybridized carbons (Fsp3) is 0.316. The lowest BCUT2D eigenvalue weighted by molar-refractivity contribution is -0.117. The maximum absolute atomic E-state index is 12.6. The van der Waals surface area contributed by atoms with Crippen LogP contribution in [0.3, 0.4) is 0 Å². The van der Waals surface area contributed by atoms with Crippen molar-refractivity contribution in [2.24, 2.45) is 11.8 Å². The Morgan fingerprint density at radius 1 is 1.20 bits per heavy atom. The molecule has 25 heavy (non-hydrogen) atoms. The van der Waals surface area contributed by atoms with E-state index in [2.05, 4.69) is 17.2 Å². The highest BCUT2D eigenvalue weighted by Gasteiger charge is 2.39. The fourth-order valence-corrected chi connectivity index (χ4v) is 2.62. The molecule has 6 nitrogen and oxygen atoms in total. The van der Waals surface area contributed by atoms with E-state index in [-0.39, 0.29) is 17.7 Å². The maximum Gasteiger partial charge on any atom is 0.258 e. The summed E-state index contributed by atoms with van der Waals surface area (Å²) in [6.07, 6.45) is 2.53. The van der Waals surface area contributed by atoms with Crippen LogP contribution in [0.25, 0.3) is 0 Å². The highest BCUT2D eigenvalue weighted by molar-refractivity contribution is 6.06. The van der Waals surface area contributed by atoms with E-state index in [9.17, 15) is 9.59 Å². The predicted molar refractivity (Wildman–Crippen MR) is 95.9 cm³/mol. The Morgan fingerprint density at radius 3 is 2.40 bits per heavy atom. The minimum Gasteiger partial charge on any atom is -0.481 e. The second-order valence-electron chi connectivity index (χ2n) is 6.31. The van der Waals surface area contributed by atoms with Crippen LogP contribution in [0, 0.1) is 11.8 Å². The SMILES string of the molecule is COc1ccc(N(C)C(=O)c2ccc(NC(=O)[C@H]3C[C@H]3C)cc2)cn1. The molecule has 0 unspecified atom stereocenters. The van der Waals surface area contributed by atoms with Crippen LogP contribution in [0.5, 0.6) is 5.88 Å². The van der Waals surface area contributed by atoms with Crippen molar-refractivity contribution >= 4 is 23.2 Å². The first-order valence-electron chi connectivity index (χ1n) is 8.18. The van der Waals surface area contributed by atoms with Crippen molar-refractivity contribution in [3.63, 3.8) is 0 Å². The van der Waals surface area contributed by atoms with Crippen molar-refractivity contribution in [3.8, 4) is 5.88 Å². The lowest BCUT2D eigenvalue weighted by Crippen LogP contribution is -2.26. The molecule has 1 aliphatic carbocycles. The van der Waals surface area contributed by atoms with Crippen LogP contribution in [0.1, 0.15) is 23.7 Å². The van der Waals surface area contributed by atoms with E-state index in [0.29, 0.717) is 28.7 Å². The summed E-state index contributed by atoms with van der Waals surface area (Å²) in [6, 6.07) is 10.4. The van der Waals surface area contributed by atoms with E-state index in [1.807, 2.05) is 0 Å². The largest absolute Gasteiger partial charge is 0.481 e. The monoisotopic (exact) mass is 339 g/mol. The van der Waals surface area contributed by atoms with Crippen LogP contribution in [-0.2, 0) is 4.79 Å². The van der Waals surface area contributed by atoms with Gasteiger partial charge in [-0.05, 0) is 42.7 Å². The van der Waals surface area contributed by atoms with Gasteiger partial charge in [-0.25, -0.2) is 4.98 Å². The van der Waals surface area contributed by atoms with Gasteiger partial charge < -0.3 is 15.0 Å². The topological polar surface area (TPSA) is 71.5 Å². The summed E-state index contributed by atoms with van der Waals surface area (Å²) >= 11 is 0. The number of hydrogen-bond donors (Lipinski definition) is 1. The summed E-state index contributed by atoms with van der Waals surface area (Å²) < 4.78 is 5.02. The molecule has 6 heteroatoms. The number of hydrogen-bond acceptors (Lipinski definition) is 4. The number of amides is 2. The van der Waals surface area contributed by atoms with Gasteiger partial charge in [0.2, 0.25) is 11.8 Å². The van der Waals surface area contributed by atoms with Crippen LogP contribution in [0.4, 0.5) is 11.4 Å². The van der Waals surface area contributed by atoms with Gasteiger partial charge in [-0.15, -0.1) is 0 Å². The molecular formula is C19H21N3O3. The highest BCUT2D eigenvalue weighted by Crippen LogP contribution is 2.38. The molecule has 1 aromatic carbocycles. The van der Waals surface area contributed by atoms with Crippen LogP contribution >= 0.6 is 0 Å². The lowest BCUT2D eigenvalue weighted by Gasteiger charge is -2.17. The van der Waals surface area contributed by atoms with Crippen LogP contribution < -0.4 is 15.0 Å². The first-order chi connectivity index (χ1) is 12.0. The molecule has 0 aliphatic heterocycles. The zero-order chi connectivity index (χ0) is 18.0. The van der Waals surface area contributed by atoms with Gasteiger partial charge >= 0.3 is 0 Å². The molecular weight excluding hydrogens is 318 g/mol. The molecule has 1 aromatic heterocycles. The molecule has 0 radical (unpaired) electrons. The van der Waals surface area contributed by atoms with E-state index < -0.39 is 0 Å². The van der Waals surface area contributed by atoms with Gasteiger partial charge in [0.05, 0.1) is 19.0 Å². The second kappa shape index (κ2) is 6.93. The molecule has 0 spiro atoms. The van der Waals surface area contributed by atoms with Crippen molar-refractivity contribution in [1.82, 2.24) is 4.98 Å². The molecule has 2 aromatic rings. The average Bonchev–Trinajstić information content (AvgIpc) is 3.38. The average molecular weight is 339 g/mol. The van der Waals surface area contributed by atoms with Crippen molar-refractivity contribution < 1.29 is 14.3 Å². The summed E-state index contributed by atoms with van der Waals surface area (Å²) in [6.45, 7) is 2.07.